The number of nitrogens with zero attached hydrogens (tertiary/aromatic N) is 1. The third-order valence-corrected chi connectivity index (χ3v) is 6.99. The third kappa shape index (κ3) is 3.67. The molecule has 2 heterocycles. The standard InChI is InChI=1S/C31H27NO2/c1-31(19-17-26-25(18-20-33-27(26)21-31)22-11-5-2-6-12-22)30-32-28(23-13-7-3-8-14-23)29(34-30)24-15-9-4-10-16-24/h2-21,25-26,28-29H,1H3/t25?,26?,28-,29-,31?/m1/s1. The molecule has 6 rings (SSSR count). The number of ether oxygens (including phenoxy) is 2. The first-order valence-corrected chi connectivity index (χ1v) is 11.9. The van der Waals surface area contributed by atoms with Crippen LogP contribution in [-0.4, -0.2) is 5.90 Å². The number of benzene rings is 3. The van der Waals surface area contributed by atoms with Gasteiger partial charge in [0.1, 0.15) is 11.8 Å². The van der Waals surface area contributed by atoms with Crippen molar-refractivity contribution < 1.29 is 9.47 Å². The van der Waals surface area contributed by atoms with E-state index in [1.807, 2.05) is 18.4 Å². The first kappa shape index (κ1) is 20.7. The molecule has 0 spiro atoms. The fourth-order valence-electron chi connectivity index (χ4n) is 5.16. The first-order chi connectivity index (χ1) is 16.7. The summed E-state index contributed by atoms with van der Waals surface area (Å²) in [5.74, 6) is 2.10. The van der Waals surface area contributed by atoms with Gasteiger partial charge in [-0.25, -0.2) is 4.99 Å². The highest BCUT2D eigenvalue weighted by Gasteiger charge is 2.43. The van der Waals surface area contributed by atoms with Crippen molar-refractivity contribution in [3.05, 3.63) is 144 Å². The van der Waals surface area contributed by atoms with Crippen LogP contribution in [-0.2, 0) is 9.47 Å². The number of rotatable bonds is 4. The summed E-state index contributed by atoms with van der Waals surface area (Å²) in [6, 6.07) is 31.3. The highest BCUT2D eigenvalue weighted by Crippen LogP contribution is 2.48. The Balaban J connectivity index is 1.35. The molecule has 3 aromatic rings. The van der Waals surface area contributed by atoms with Gasteiger partial charge in [-0.2, -0.15) is 0 Å². The van der Waals surface area contributed by atoms with Gasteiger partial charge in [0.05, 0.1) is 11.7 Å². The molecule has 2 aliphatic heterocycles. The Kier molecular flexibility index (Phi) is 5.18. The molecule has 0 radical (unpaired) electrons. The van der Waals surface area contributed by atoms with Crippen molar-refractivity contribution in [3.63, 3.8) is 0 Å². The lowest BCUT2D eigenvalue weighted by Gasteiger charge is -2.35. The second kappa shape index (κ2) is 8.49. The molecule has 1 aliphatic carbocycles. The van der Waals surface area contributed by atoms with Crippen LogP contribution >= 0.6 is 0 Å². The summed E-state index contributed by atoms with van der Waals surface area (Å²) < 4.78 is 12.7. The Morgan fingerprint density at radius 3 is 2.00 bits per heavy atom. The highest BCUT2D eigenvalue weighted by atomic mass is 16.5. The quantitative estimate of drug-likeness (QED) is 0.395. The topological polar surface area (TPSA) is 30.8 Å². The summed E-state index contributed by atoms with van der Waals surface area (Å²) in [4.78, 5) is 5.15. The lowest BCUT2D eigenvalue weighted by Crippen LogP contribution is -2.30. The van der Waals surface area contributed by atoms with Crippen LogP contribution in [0.1, 0.15) is 41.7 Å². The molecule has 3 aromatic carbocycles. The van der Waals surface area contributed by atoms with Gasteiger partial charge in [-0.3, -0.25) is 0 Å². The fraction of sp³-hybridized carbons (Fsp3) is 0.194. The van der Waals surface area contributed by atoms with E-state index in [0.717, 1.165) is 22.8 Å². The van der Waals surface area contributed by atoms with Gasteiger partial charge in [0.15, 0.2) is 12.0 Å². The molecular formula is C31H27NO2. The van der Waals surface area contributed by atoms with Crippen LogP contribution in [0.15, 0.2) is 132 Å². The van der Waals surface area contributed by atoms with Crippen LogP contribution in [0.25, 0.3) is 0 Å². The number of fused-ring (bicyclic) bond motifs is 1. The molecule has 3 unspecified atom stereocenters. The zero-order valence-electron chi connectivity index (χ0n) is 19.1. The molecule has 168 valence electrons. The number of allylic oxidation sites excluding steroid dienone is 2. The third-order valence-electron chi connectivity index (χ3n) is 6.99. The van der Waals surface area contributed by atoms with Gasteiger partial charge in [0.25, 0.3) is 0 Å². The number of hydrogen-bond acceptors (Lipinski definition) is 3. The van der Waals surface area contributed by atoms with Crippen LogP contribution in [0, 0.1) is 11.3 Å². The second-order valence-corrected chi connectivity index (χ2v) is 9.34. The average Bonchev–Trinajstić information content (AvgIpc) is 3.36. The largest absolute Gasteiger partial charge is 0.469 e. The highest BCUT2D eigenvalue weighted by molar-refractivity contribution is 5.88. The van der Waals surface area contributed by atoms with Crippen molar-refractivity contribution in [1.82, 2.24) is 0 Å². The predicted molar refractivity (Wildman–Crippen MR) is 135 cm³/mol. The van der Waals surface area contributed by atoms with Gasteiger partial charge in [0.2, 0.25) is 0 Å². The molecule has 5 atom stereocenters. The van der Waals surface area contributed by atoms with E-state index >= 15 is 0 Å². The molecule has 3 heteroatoms. The maximum absolute atomic E-state index is 6.63. The molecule has 0 amide bonds. The predicted octanol–water partition coefficient (Wildman–Crippen LogP) is 7.30. The van der Waals surface area contributed by atoms with Gasteiger partial charge in [-0.1, -0.05) is 103 Å². The molecule has 0 saturated heterocycles. The van der Waals surface area contributed by atoms with Crippen LogP contribution in [0.5, 0.6) is 0 Å². The van der Waals surface area contributed by atoms with Crippen molar-refractivity contribution in [1.29, 1.82) is 0 Å². The van der Waals surface area contributed by atoms with Gasteiger partial charge in [-0.05, 0) is 35.8 Å². The molecule has 3 nitrogen and oxygen atoms in total. The molecule has 3 aliphatic rings. The van der Waals surface area contributed by atoms with Crippen LogP contribution in [0.3, 0.4) is 0 Å². The van der Waals surface area contributed by atoms with E-state index in [1.54, 1.807) is 0 Å². The summed E-state index contributed by atoms with van der Waals surface area (Å²) in [5.41, 5.74) is 3.09. The Bertz CT molecular complexity index is 1280. The van der Waals surface area contributed by atoms with Crippen molar-refractivity contribution in [2.75, 3.05) is 0 Å². The zero-order chi connectivity index (χ0) is 23.0. The van der Waals surface area contributed by atoms with Gasteiger partial charge >= 0.3 is 0 Å². The minimum atomic E-state index is -0.477. The van der Waals surface area contributed by atoms with E-state index in [-0.39, 0.29) is 24.0 Å². The fourth-order valence-corrected chi connectivity index (χ4v) is 5.16. The van der Waals surface area contributed by atoms with Crippen molar-refractivity contribution in [2.24, 2.45) is 16.3 Å². The lowest BCUT2D eigenvalue weighted by atomic mass is 9.75. The van der Waals surface area contributed by atoms with E-state index in [0.29, 0.717) is 0 Å². The Morgan fingerprint density at radius 2 is 1.32 bits per heavy atom. The molecule has 34 heavy (non-hydrogen) atoms. The zero-order valence-corrected chi connectivity index (χ0v) is 19.1. The van der Waals surface area contributed by atoms with Gasteiger partial charge < -0.3 is 9.47 Å². The average molecular weight is 446 g/mol. The van der Waals surface area contributed by atoms with Crippen molar-refractivity contribution in [3.8, 4) is 0 Å². The minimum absolute atomic E-state index is 0.0933. The smallest absolute Gasteiger partial charge is 0.198 e. The van der Waals surface area contributed by atoms with Gasteiger partial charge in [-0.15, -0.1) is 0 Å². The SMILES string of the molecule is CC1(C2=N[C@H](c3ccccc3)[C@@H](c3ccccc3)O2)C=CC2C(=C1)OC=CC2c1ccccc1. The van der Waals surface area contributed by atoms with E-state index in [2.05, 4.69) is 110 Å². The molecule has 0 bridgehead atoms. The Labute approximate surface area is 200 Å². The van der Waals surface area contributed by atoms with E-state index in [1.165, 1.54) is 5.56 Å². The number of hydrogen-bond donors (Lipinski definition) is 0. The summed E-state index contributed by atoms with van der Waals surface area (Å²) in [7, 11) is 0. The molecule has 0 aromatic heterocycles. The molecular weight excluding hydrogens is 418 g/mol. The first-order valence-electron chi connectivity index (χ1n) is 11.9. The van der Waals surface area contributed by atoms with Crippen LogP contribution in [0.4, 0.5) is 0 Å². The Morgan fingerprint density at radius 1 is 0.706 bits per heavy atom. The minimum Gasteiger partial charge on any atom is -0.469 e. The Hall–Kier alpha value is -3.85. The molecule has 0 fully saturated rings. The summed E-state index contributed by atoms with van der Waals surface area (Å²) in [6.45, 7) is 2.15. The maximum atomic E-state index is 6.63. The number of aliphatic imine (C=N–C) groups is 1. The van der Waals surface area contributed by atoms with E-state index in [4.69, 9.17) is 14.5 Å². The summed E-state index contributed by atoms with van der Waals surface area (Å²) in [5, 5.41) is 0. The lowest BCUT2D eigenvalue weighted by molar-refractivity contribution is 0.181. The van der Waals surface area contributed by atoms with Crippen LogP contribution < -0.4 is 0 Å². The molecule has 0 N–H and O–H groups in total. The normalized spacial score (nSPS) is 29.4. The second-order valence-electron chi connectivity index (χ2n) is 9.34. The summed E-state index contributed by atoms with van der Waals surface area (Å²) in [6.07, 6.45) is 10.5. The van der Waals surface area contributed by atoms with Gasteiger partial charge in [0, 0.05) is 11.8 Å². The van der Waals surface area contributed by atoms with Crippen molar-refractivity contribution >= 4 is 5.90 Å². The van der Waals surface area contributed by atoms with E-state index < -0.39 is 5.41 Å². The van der Waals surface area contributed by atoms with Crippen LogP contribution in [0.2, 0.25) is 0 Å². The van der Waals surface area contributed by atoms with E-state index in [9.17, 15) is 0 Å². The van der Waals surface area contributed by atoms with Crippen molar-refractivity contribution in [2.45, 2.75) is 25.0 Å². The maximum Gasteiger partial charge on any atom is 0.198 e. The monoisotopic (exact) mass is 445 g/mol. The molecule has 0 saturated carbocycles. The summed E-state index contributed by atoms with van der Waals surface area (Å²) >= 11 is 0.